The Morgan fingerprint density at radius 1 is 1.40 bits per heavy atom. The van der Waals surface area contributed by atoms with E-state index in [0.717, 1.165) is 23.6 Å². The SMILES string of the molecule is Cc1cc(Br)c(F)cc1NCc1ncnn1CC(C)C. The number of hydrogen-bond donors (Lipinski definition) is 1. The van der Waals surface area contributed by atoms with Gasteiger partial charge in [-0.05, 0) is 46.5 Å². The molecule has 2 rings (SSSR count). The summed E-state index contributed by atoms with van der Waals surface area (Å²) in [6.45, 7) is 7.55. The van der Waals surface area contributed by atoms with Crippen molar-refractivity contribution in [2.24, 2.45) is 5.92 Å². The van der Waals surface area contributed by atoms with Crippen molar-refractivity contribution in [1.29, 1.82) is 0 Å². The molecule has 0 bridgehead atoms. The molecule has 1 heterocycles. The van der Waals surface area contributed by atoms with Crippen molar-refractivity contribution in [3.05, 3.63) is 40.1 Å². The van der Waals surface area contributed by atoms with Crippen LogP contribution in [0.2, 0.25) is 0 Å². The third-order valence-electron chi connectivity index (χ3n) is 2.94. The van der Waals surface area contributed by atoms with E-state index in [1.807, 2.05) is 11.6 Å². The van der Waals surface area contributed by atoms with Gasteiger partial charge < -0.3 is 5.32 Å². The first-order valence-electron chi connectivity index (χ1n) is 6.53. The van der Waals surface area contributed by atoms with Crippen molar-refractivity contribution in [2.45, 2.75) is 33.9 Å². The van der Waals surface area contributed by atoms with Gasteiger partial charge in [-0.3, -0.25) is 0 Å². The Morgan fingerprint density at radius 2 is 2.15 bits per heavy atom. The predicted molar refractivity (Wildman–Crippen MR) is 81.0 cm³/mol. The summed E-state index contributed by atoms with van der Waals surface area (Å²) < 4.78 is 15.9. The molecule has 0 radical (unpaired) electrons. The Kier molecular flexibility index (Phi) is 4.75. The van der Waals surface area contributed by atoms with E-state index < -0.39 is 0 Å². The van der Waals surface area contributed by atoms with Crippen LogP contribution in [0.15, 0.2) is 22.9 Å². The highest BCUT2D eigenvalue weighted by Crippen LogP contribution is 2.24. The molecular weight excluding hydrogens is 323 g/mol. The van der Waals surface area contributed by atoms with Gasteiger partial charge in [0.05, 0.1) is 11.0 Å². The molecule has 0 aliphatic heterocycles. The van der Waals surface area contributed by atoms with Crippen molar-refractivity contribution in [3.8, 4) is 0 Å². The molecule has 1 aromatic carbocycles. The lowest BCUT2D eigenvalue weighted by molar-refractivity contribution is 0.468. The summed E-state index contributed by atoms with van der Waals surface area (Å²) in [5.41, 5.74) is 1.75. The van der Waals surface area contributed by atoms with Gasteiger partial charge in [0.2, 0.25) is 0 Å². The van der Waals surface area contributed by atoms with Gasteiger partial charge in [-0.15, -0.1) is 0 Å². The molecule has 4 nitrogen and oxygen atoms in total. The molecule has 20 heavy (non-hydrogen) atoms. The highest BCUT2D eigenvalue weighted by molar-refractivity contribution is 9.10. The first-order valence-corrected chi connectivity index (χ1v) is 7.33. The first kappa shape index (κ1) is 15.0. The maximum atomic E-state index is 13.6. The average Bonchev–Trinajstić information content (AvgIpc) is 2.79. The number of aromatic nitrogens is 3. The van der Waals surface area contributed by atoms with Crippen LogP contribution in [-0.2, 0) is 13.1 Å². The van der Waals surface area contributed by atoms with Gasteiger partial charge in [0.25, 0.3) is 0 Å². The molecular formula is C14H18BrFN4. The molecule has 2 aromatic rings. The molecule has 0 atom stereocenters. The Bertz CT molecular complexity index is 595. The van der Waals surface area contributed by atoms with Gasteiger partial charge in [0, 0.05) is 12.2 Å². The van der Waals surface area contributed by atoms with Crippen LogP contribution in [0.3, 0.4) is 0 Å². The van der Waals surface area contributed by atoms with E-state index in [9.17, 15) is 4.39 Å². The molecule has 0 fully saturated rings. The molecule has 0 aliphatic carbocycles. The minimum Gasteiger partial charge on any atom is -0.377 e. The Balaban J connectivity index is 2.09. The molecule has 108 valence electrons. The van der Waals surface area contributed by atoms with Crippen LogP contribution in [0.1, 0.15) is 25.2 Å². The number of halogens is 2. The number of benzene rings is 1. The van der Waals surface area contributed by atoms with Crippen LogP contribution in [0.25, 0.3) is 0 Å². The highest BCUT2D eigenvalue weighted by Gasteiger charge is 2.08. The summed E-state index contributed by atoms with van der Waals surface area (Å²) >= 11 is 3.18. The summed E-state index contributed by atoms with van der Waals surface area (Å²) in [4.78, 5) is 4.24. The zero-order valence-electron chi connectivity index (χ0n) is 11.8. The second-order valence-electron chi connectivity index (χ2n) is 5.19. The van der Waals surface area contributed by atoms with Gasteiger partial charge in [-0.2, -0.15) is 5.10 Å². The van der Waals surface area contributed by atoms with Crippen molar-refractivity contribution in [2.75, 3.05) is 5.32 Å². The van der Waals surface area contributed by atoms with Crippen LogP contribution in [0, 0.1) is 18.7 Å². The normalized spacial score (nSPS) is 11.1. The Labute approximate surface area is 126 Å². The fraction of sp³-hybridized carbons (Fsp3) is 0.429. The van der Waals surface area contributed by atoms with Gasteiger partial charge in [-0.1, -0.05) is 13.8 Å². The number of nitrogens with zero attached hydrogens (tertiary/aromatic N) is 3. The van der Waals surface area contributed by atoms with E-state index in [0.29, 0.717) is 16.9 Å². The maximum Gasteiger partial charge on any atom is 0.146 e. The highest BCUT2D eigenvalue weighted by atomic mass is 79.9. The van der Waals surface area contributed by atoms with E-state index >= 15 is 0 Å². The van der Waals surface area contributed by atoms with E-state index in [1.165, 1.54) is 6.07 Å². The van der Waals surface area contributed by atoms with Gasteiger partial charge in [-0.25, -0.2) is 14.1 Å². The first-order chi connectivity index (χ1) is 9.47. The fourth-order valence-corrected chi connectivity index (χ4v) is 2.39. The number of anilines is 1. The molecule has 0 unspecified atom stereocenters. The lowest BCUT2D eigenvalue weighted by atomic mass is 10.2. The summed E-state index contributed by atoms with van der Waals surface area (Å²) in [5, 5.41) is 7.42. The van der Waals surface area contributed by atoms with Gasteiger partial charge in [0.15, 0.2) is 0 Å². The smallest absolute Gasteiger partial charge is 0.146 e. The van der Waals surface area contributed by atoms with Crippen molar-refractivity contribution >= 4 is 21.6 Å². The topological polar surface area (TPSA) is 42.7 Å². The standard InChI is InChI=1S/C14H18BrFN4/c1-9(2)7-20-14(18-8-19-20)6-17-13-5-12(16)11(15)4-10(13)3/h4-5,8-9,17H,6-7H2,1-3H3. The van der Waals surface area contributed by atoms with E-state index in [2.05, 4.69) is 45.2 Å². The molecule has 0 saturated heterocycles. The summed E-state index contributed by atoms with van der Waals surface area (Å²) in [5.74, 6) is 1.07. The predicted octanol–water partition coefficient (Wildman–Crippen LogP) is 3.76. The molecule has 0 spiro atoms. The third kappa shape index (κ3) is 3.56. The van der Waals surface area contributed by atoms with Gasteiger partial charge in [0.1, 0.15) is 18.0 Å². The van der Waals surface area contributed by atoms with E-state index in [4.69, 9.17) is 0 Å². The second-order valence-corrected chi connectivity index (χ2v) is 6.04. The Hall–Kier alpha value is -1.43. The van der Waals surface area contributed by atoms with E-state index in [1.54, 1.807) is 12.4 Å². The molecule has 0 amide bonds. The lowest BCUT2D eigenvalue weighted by Crippen LogP contribution is -2.13. The van der Waals surface area contributed by atoms with Crippen molar-refractivity contribution < 1.29 is 4.39 Å². The zero-order valence-corrected chi connectivity index (χ0v) is 13.4. The van der Waals surface area contributed by atoms with Crippen LogP contribution >= 0.6 is 15.9 Å². The third-order valence-corrected chi connectivity index (χ3v) is 3.55. The molecule has 1 N–H and O–H groups in total. The van der Waals surface area contributed by atoms with Crippen LogP contribution in [0.5, 0.6) is 0 Å². The monoisotopic (exact) mass is 340 g/mol. The maximum absolute atomic E-state index is 13.6. The number of rotatable bonds is 5. The van der Waals surface area contributed by atoms with Crippen LogP contribution < -0.4 is 5.32 Å². The molecule has 0 saturated carbocycles. The largest absolute Gasteiger partial charge is 0.377 e. The molecule has 1 aromatic heterocycles. The number of nitrogens with one attached hydrogen (secondary N) is 1. The van der Waals surface area contributed by atoms with Crippen LogP contribution in [0.4, 0.5) is 10.1 Å². The summed E-state index contributed by atoms with van der Waals surface area (Å²) in [7, 11) is 0. The summed E-state index contributed by atoms with van der Waals surface area (Å²) in [6, 6.07) is 3.25. The van der Waals surface area contributed by atoms with Crippen molar-refractivity contribution in [3.63, 3.8) is 0 Å². The lowest BCUT2D eigenvalue weighted by Gasteiger charge is -2.12. The quantitative estimate of drug-likeness (QED) is 0.901. The number of aryl methyl sites for hydroxylation is 1. The minimum atomic E-state index is -0.276. The van der Waals surface area contributed by atoms with E-state index in [-0.39, 0.29) is 5.82 Å². The molecule has 6 heteroatoms. The minimum absolute atomic E-state index is 0.276. The summed E-state index contributed by atoms with van der Waals surface area (Å²) in [6.07, 6.45) is 1.55. The average molecular weight is 341 g/mol. The molecule has 0 aliphatic rings. The zero-order chi connectivity index (χ0) is 14.7. The second kappa shape index (κ2) is 6.35. The van der Waals surface area contributed by atoms with Crippen molar-refractivity contribution in [1.82, 2.24) is 14.8 Å². The fourth-order valence-electron chi connectivity index (χ4n) is 1.93. The number of hydrogen-bond acceptors (Lipinski definition) is 3. The van der Waals surface area contributed by atoms with Gasteiger partial charge >= 0.3 is 0 Å². The Morgan fingerprint density at radius 3 is 2.85 bits per heavy atom. The van der Waals surface area contributed by atoms with Crippen LogP contribution in [-0.4, -0.2) is 14.8 Å².